The summed E-state index contributed by atoms with van der Waals surface area (Å²) in [4.78, 5) is 23.4. The van der Waals surface area contributed by atoms with Crippen molar-refractivity contribution in [2.75, 3.05) is 16.4 Å². The average molecular weight is 398 g/mol. The van der Waals surface area contributed by atoms with Gasteiger partial charge >= 0.3 is 12.2 Å². The summed E-state index contributed by atoms with van der Waals surface area (Å²) < 4.78 is 38.2. The molecule has 3 rings (SSSR count). The van der Waals surface area contributed by atoms with Gasteiger partial charge in [0.2, 0.25) is 5.95 Å². The lowest BCUT2D eigenvalue weighted by atomic mass is 10.2. The molecular weight excluding hydrogens is 385 g/mol. The average Bonchev–Trinajstić information content (AvgIpc) is 2.67. The summed E-state index contributed by atoms with van der Waals surface area (Å²) in [5, 5.41) is 4.77. The fourth-order valence-corrected chi connectivity index (χ4v) is 2.18. The molecule has 146 valence electrons. The quantitative estimate of drug-likeness (QED) is 0.573. The van der Waals surface area contributed by atoms with Gasteiger partial charge in [0.05, 0.1) is 11.1 Å². The maximum Gasteiger partial charge on any atom is 0.416 e. The van der Waals surface area contributed by atoms with Gasteiger partial charge in [-0.25, -0.2) is 19.7 Å². The zero-order chi connectivity index (χ0) is 20.9. The van der Waals surface area contributed by atoms with Crippen molar-refractivity contribution in [3.05, 3.63) is 71.7 Å². The monoisotopic (exact) mass is 398 g/mol. The first-order valence-electron chi connectivity index (χ1n) is 8.10. The van der Waals surface area contributed by atoms with Gasteiger partial charge < -0.3 is 11.1 Å². The Morgan fingerprint density at radius 1 is 0.966 bits per heavy atom. The fourth-order valence-electron chi connectivity index (χ4n) is 2.18. The van der Waals surface area contributed by atoms with Gasteiger partial charge in [-0.1, -0.05) is 17.9 Å². The molecule has 7 nitrogen and oxygen atoms in total. The highest BCUT2D eigenvalue weighted by atomic mass is 19.4. The molecule has 0 spiro atoms. The number of pyridine rings is 1. The number of carbonyl (C=O) groups is 1. The van der Waals surface area contributed by atoms with E-state index in [0.717, 1.165) is 18.3 Å². The lowest BCUT2D eigenvalue weighted by molar-refractivity contribution is -0.137. The third-order valence-electron chi connectivity index (χ3n) is 3.47. The summed E-state index contributed by atoms with van der Waals surface area (Å²) >= 11 is 0. The Morgan fingerprint density at radius 3 is 2.41 bits per heavy atom. The maximum atomic E-state index is 12.7. The number of carbonyl (C=O) groups excluding carboxylic acids is 1. The van der Waals surface area contributed by atoms with Crippen molar-refractivity contribution in [2.24, 2.45) is 0 Å². The number of alkyl halides is 3. The Morgan fingerprint density at radius 2 is 1.69 bits per heavy atom. The second kappa shape index (κ2) is 8.26. The molecule has 0 fully saturated rings. The van der Waals surface area contributed by atoms with E-state index in [-0.39, 0.29) is 11.8 Å². The predicted octanol–water partition coefficient (Wildman–Crippen LogP) is 3.52. The number of amides is 2. The van der Waals surface area contributed by atoms with Gasteiger partial charge in [0.15, 0.2) is 0 Å². The van der Waals surface area contributed by atoms with Crippen molar-refractivity contribution in [1.82, 2.24) is 15.0 Å². The van der Waals surface area contributed by atoms with Crippen LogP contribution in [-0.2, 0) is 6.18 Å². The molecule has 4 N–H and O–H groups in total. The number of halogens is 3. The lowest BCUT2D eigenvalue weighted by Gasteiger charge is -2.10. The molecule has 0 aliphatic heterocycles. The van der Waals surface area contributed by atoms with E-state index in [2.05, 4.69) is 37.4 Å². The van der Waals surface area contributed by atoms with Crippen LogP contribution < -0.4 is 16.4 Å². The molecule has 2 aromatic heterocycles. The third-order valence-corrected chi connectivity index (χ3v) is 3.47. The first kappa shape index (κ1) is 19.6. The number of aromatic nitrogens is 3. The number of urea groups is 1. The van der Waals surface area contributed by atoms with Crippen LogP contribution >= 0.6 is 0 Å². The van der Waals surface area contributed by atoms with Crippen LogP contribution in [0.4, 0.5) is 35.4 Å². The van der Waals surface area contributed by atoms with E-state index >= 15 is 0 Å². The van der Waals surface area contributed by atoms with Gasteiger partial charge in [0, 0.05) is 29.8 Å². The fraction of sp³-hybridized carbons (Fsp3) is 0.0526. The molecule has 3 aromatic rings. The molecule has 0 aliphatic carbocycles. The minimum absolute atomic E-state index is 0.142. The van der Waals surface area contributed by atoms with Crippen molar-refractivity contribution in [3.63, 3.8) is 0 Å². The molecule has 0 saturated heterocycles. The summed E-state index contributed by atoms with van der Waals surface area (Å²) in [6, 6.07) is 7.42. The van der Waals surface area contributed by atoms with E-state index in [4.69, 9.17) is 5.73 Å². The lowest BCUT2D eigenvalue weighted by Crippen LogP contribution is -2.20. The van der Waals surface area contributed by atoms with Gasteiger partial charge in [-0.15, -0.1) is 0 Å². The first-order chi connectivity index (χ1) is 13.8. The van der Waals surface area contributed by atoms with Crippen molar-refractivity contribution < 1.29 is 18.0 Å². The van der Waals surface area contributed by atoms with Gasteiger partial charge in [-0.2, -0.15) is 13.2 Å². The summed E-state index contributed by atoms with van der Waals surface area (Å²) in [6.07, 6.45) is -0.603. The number of hydrogen-bond acceptors (Lipinski definition) is 5. The summed E-state index contributed by atoms with van der Waals surface area (Å²) in [5.41, 5.74) is 6.05. The van der Waals surface area contributed by atoms with E-state index in [0.29, 0.717) is 16.8 Å². The molecule has 2 amide bonds. The van der Waals surface area contributed by atoms with Crippen LogP contribution in [0.15, 0.2) is 55.0 Å². The number of nitrogens with one attached hydrogen (secondary N) is 2. The predicted molar refractivity (Wildman–Crippen MR) is 101 cm³/mol. The number of nitrogens with zero attached hydrogens (tertiary/aromatic N) is 3. The van der Waals surface area contributed by atoms with Crippen LogP contribution in [0, 0.1) is 11.8 Å². The summed E-state index contributed by atoms with van der Waals surface area (Å²) in [6.45, 7) is 0. The van der Waals surface area contributed by atoms with Gasteiger partial charge in [-0.05, 0) is 30.3 Å². The summed E-state index contributed by atoms with van der Waals surface area (Å²) in [7, 11) is 0. The smallest absolute Gasteiger partial charge is 0.368 e. The molecule has 1 aromatic carbocycles. The standard InChI is InChI=1S/C19H13F3N6O/c20-19(21,22)14-6-7-24-16(9-14)28-18(29)27-15-3-1-2-12(8-15)4-5-13-10-25-17(23)26-11-13/h1-3,6-11H,(H2,23,25,26)(H2,24,27,28,29). The second-order valence-corrected chi connectivity index (χ2v) is 5.67. The van der Waals surface area contributed by atoms with E-state index in [1.54, 1.807) is 24.3 Å². The number of hydrogen-bond donors (Lipinski definition) is 3. The maximum absolute atomic E-state index is 12.7. The van der Waals surface area contributed by atoms with E-state index in [1.165, 1.54) is 12.4 Å². The Balaban J connectivity index is 1.67. The van der Waals surface area contributed by atoms with Crippen LogP contribution in [0.5, 0.6) is 0 Å². The van der Waals surface area contributed by atoms with Crippen LogP contribution in [0.3, 0.4) is 0 Å². The molecular formula is C19H13F3N6O. The van der Waals surface area contributed by atoms with E-state index in [9.17, 15) is 18.0 Å². The minimum atomic E-state index is -4.53. The Hall–Kier alpha value is -4.13. The molecule has 0 atom stereocenters. The van der Waals surface area contributed by atoms with Crippen molar-refractivity contribution >= 4 is 23.5 Å². The molecule has 0 saturated carbocycles. The highest BCUT2D eigenvalue weighted by molar-refractivity contribution is 5.99. The van der Waals surface area contributed by atoms with Crippen LogP contribution in [0.1, 0.15) is 16.7 Å². The first-order valence-corrected chi connectivity index (χ1v) is 8.10. The zero-order valence-electron chi connectivity index (χ0n) is 14.7. The number of benzene rings is 1. The van der Waals surface area contributed by atoms with Crippen molar-refractivity contribution in [1.29, 1.82) is 0 Å². The molecule has 0 unspecified atom stereocenters. The van der Waals surface area contributed by atoms with Crippen molar-refractivity contribution in [2.45, 2.75) is 6.18 Å². The Labute approximate surface area is 163 Å². The molecule has 10 heteroatoms. The Kier molecular flexibility index (Phi) is 5.59. The molecule has 29 heavy (non-hydrogen) atoms. The molecule has 0 bridgehead atoms. The topological polar surface area (TPSA) is 106 Å². The number of nitrogens with two attached hydrogens (primary N) is 1. The number of nitrogen functional groups attached to an aromatic ring is 1. The van der Waals surface area contributed by atoms with E-state index in [1.807, 2.05) is 0 Å². The van der Waals surface area contributed by atoms with Crippen LogP contribution in [0.25, 0.3) is 0 Å². The molecule has 0 radical (unpaired) electrons. The molecule has 2 heterocycles. The minimum Gasteiger partial charge on any atom is -0.368 e. The Bertz CT molecular complexity index is 1090. The highest BCUT2D eigenvalue weighted by Gasteiger charge is 2.30. The summed E-state index contributed by atoms with van der Waals surface area (Å²) in [5.74, 6) is 5.66. The van der Waals surface area contributed by atoms with Crippen LogP contribution in [-0.4, -0.2) is 21.0 Å². The van der Waals surface area contributed by atoms with Gasteiger partial charge in [0.1, 0.15) is 5.82 Å². The number of anilines is 3. The van der Waals surface area contributed by atoms with E-state index < -0.39 is 17.8 Å². The largest absolute Gasteiger partial charge is 0.416 e. The normalized spacial score (nSPS) is 10.6. The number of rotatable bonds is 2. The van der Waals surface area contributed by atoms with Crippen molar-refractivity contribution in [3.8, 4) is 11.8 Å². The molecule has 0 aliphatic rings. The second-order valence-electron chi connectivity index (χ2n) is 5.67. The van der Waals surface area contributed by atoms with Gasteiger partial charge in [-0.3, -0.25) is 5.32 Å². The van der Waals surface area contributed by atoms with Crippen LogP contribution in [0.2, 0.25) is 0 Å². The van der Waals surface area contributed by atoms with Gasteiger partial charge in [0.25, 0.3) is 0 Å². The SMILES string of the molecule is Nc1ncc(C#Cc2cccc(NC(=O)Nc3cc(C(F)(F)F)ccn3)c2)cn1. The zero-order valence-corrected chi connectivity index (χ0v) is 14.7. The highest BCUT2D eigenvalue weighted by Crippen LogP contribution is 2.29. The third kappa shape index (κ3) is 5.67.